The molecule has 1 aromatic heterocycles. The first-order valence-electron chi connectivity index (χ1n) is 8.30. The number of rotatable bonds is 2. The molecule has 6 nitrogen and oxygen atoms in total. The number of halogens is 2. The second kappa shape index (κ2) is 6.52. The minimum absolute atomic E-state index is 0.0826. The summed E-state index contributed by atoms with van der Waals surface area (Å²) in [6, 6.07) is 5.25. The van der Waals surface area contributed by atoms with Gasteiger partial charge >= 0.3 is 0 Å². The van der Waals surface area contributed by atoms with E-state index in [4.69, 9.17) is 23.2 Å². The van der Waals surface area contributed by atoms with Gasteiger partial charge < -0.3 is 20.1 Å². The van der Waals surface area contributed by atoms with Gasteiger partial charge in [0.25, 0.3) is 5.91 Å². The molecule has 0 unspecified atom stereocenters. The molecule has 1 aromatic carbocycles. The van der Waals surface area contributed by atoms with Crippen molar-refractivity contribution in [3.63, 3.8) is 0 Å². The Labute approximate surface area is 155 Å². The fourth-order valence-electron chi connectivity index (χ4n) is 3.28. The number of piperazine rings is 1. The van der Waals surface area contributed by atoms with Gasteiger partial charge in [0, 0.05) is 50.2 Å². The average Bonchev–Trinajstić information content (AvgIpc) is 3.01. The summed E-state index contributed by atoms with van der Waals surface area (Å²) in [5.74, 6) is 0.210. The second-order valence-electron chi connectivity index (χ2n) is 6.48. The van der Waals surface area contributed by atoms with Gasteiger partial charge in [-0.1, -0.05) is 23.2 Å². The third-order valence-electron chi connectivity index (χ3n) is 4.93. The van der Waals surface area contributed by atoms with Crippen LogP contribution in [0.5, 0.6) is 0 Å². The first-order chi connectivity index (χ1) is 12.0. The number of nitrogens with zero attached hydrogens (tertiary/aromatic N) is 2. The van der Waals surface area contributed by atoms with Crippen molar-refractivity contribution < 1.29 is 9.59 Å². The highest BCUT2D eigenvalue weighted by Crippen LogP contribution is 2.31. The molecule has 0 aliphatic carbocycles. The standard InChI is InChI=1S/C17H18Cl2N4O2/c18-12-1-2-13-11(15(12)19)7-14(21-13)17(25)23-5-3-22(4-6-23)16(24)10-8-20-9-10/h1-2,7,10,20-21H,3-6,8-9H2. The molecule has 0 spiro atoms. The van der Waals surface area contributed by atoms with Crippen LogP contribution in [0.3, 0.4) is 0 Å². The third kappa shape index (κ3) is 2.99. The van der Waals surface area contributed by atoms with E-state index in [1.807, 2.05) is 11.0 Å². The predicted octanol–water partition coefficient (Wildman–Crippen LogP) is 1.98. The quantitative estimate of drug-likeness (QED) is 0.836. The zero-order valence-electron chi connectivity index (χ0n) is 13.5. The Morgan fingerprint density at radius 1 is 1.04 bits per heavy atom. The lowest BCUT2D eigenvalue weighted by Crippen LogP contribution is -2.57. The number of hydrogen-bond acceptors (Lipinski definition) is 3. The van der Waals surface area contributed by atoms with E-state index in [2.05, 4.69) is 10.3 Å². The molecule has 0 atom stereocenters. The maximum atomic E-state index is 12.7. The lowest BCUT2D eigenvalue weighted by molar-refractivity contribution is -0.138. The Morgan fingerprint density at radius 2 is 1.72 bits per heavy atom. The summed E-state index contributed by atoms with van der Waals surface area (Å²) in [5, 5.41) is 4.76. The Bertz CT molecular complexity index is 839. The van der Waals surface area contributed by atoms with Crippen LogP contribution in [0, 0.1) is 5.92 Å². The fraction of sp³-hybridized carbons (Fsp3) is 0.412. The van der Waals surface area contributed by atoms with Gasteiger partial charge in [0.1, 0.15) is 5.69 Å². The van der Waals surface area contributed by atoms with Gasteiger partial charge in [-0.05, 0) is 18.2 Å². The highest BCUT2D eigenvalue weighted by Gasteiger charge is 2.32. The molecule has 2 N–H and O–H groups in total. The zero-order valence-corrected chi connectivity index (χ0v) is 15.0. The summed E-state index contributed by atoms with van der Waals surface area (Å²) in [6.45, 7) is 3.75. The van der Waals surface area contributed by atoms with E-state index in [9.17, 15) is 9.59 Å². The number of H-pyrrole nitrogens is 1. The number of carbonyl (C=O) groups is 2. The molecule has 2 amide bonds. The highest BCUT2D eigenvalue weighted by molar-refractivity contribution is 6.45. The minimum atomic E-state index is -0.0826. The van der Waals surface area contributed by atoms with Gasteiger partial charge in [0.15, 0.2) is 0 Å². The average molecular weight is 381 g/mol. The number of aromatic nitrogens is 1. The first-order valence-corrected chi connectivity index (χ1v) is 9.05. The topological polar surface area (TPSA) is 68.4 Å². The van der Waals surface area contributed by atoms with Crippen LogP contribution in [-0.2, 0) is 4.79 Å². The summed E-state index contributed by atoms with van der Waals surface area (Å²) in [6.07, 6.45) is 0. The molecule has 4 rings (SSSR count). The Hall–Kier alpha value is -1.76. The zero-order chi connectivity index (χ0) is 17.6. The summed E-state index contributed by atoms with van der Waals surface area (Å²) >= 11 is 12.2. The molecule has 2 aliphatic heterocycles. The normalized spacial score (nSPS) is 18.5. The Kier molecular flexibility index (Phi) is 4.35. The van der Waals surface area contributed by atoms with E-state index >= 15 is 0 Å². The van der Waals surface area contributed by atoms with Gasteiger partial charge in [-0.25, -0.2) is 0 Å². The molecule has 132 valence electrons. The molecule has 25 heavy (non-hydrogen) atoms. The molecular formula is C17H18Cl2N4O2. The van der Waals surface area contributed by atoms with Crippen LogP contribution >= 0.6 is 23.2 Å². The van der Waals surface area contributed by atoms with Crippen molar-refractivity contribution in [1.29, 1.82) is 0 Å². The van der Waals surface area contributed by atoms with E-state index < -0.39 is 0 Å². The summed E-state index contributed by atoms with van der Waals surface area (Å²) < 4.78 is 0. The monoisotopic (exact) mass is 380 g/mol. The van der Waals surface area contributed by atoms with Crippen molar-refractivity contribution in [2.24, 2.45) is 5.92 Å². The van der Waals surface area contributed by atoms with Crippen molar-refractivity contribution >= 4 is 45.9 Å². The van der Waals surface area contributed by atoms with Crippen LogP contribution in [-0.4, -0.2) is 65.9 Å². The number of aromatic amines is 1. The number of amides is 2. The number of benzene rings is 1. The molecule has 0 radical (unpaired) electrons. The molecule has 0 bridgehead atoms. The molecular weight excluding hydrogens is 363 g/mol. The van der Waals surface area contributed by atoms with Crippen LogP contribution in [0.4, 0.5) is 0 Å². The van der Waals surface area contributed by atoms with E-state index in [0.29, 0.717) is 41.9 Å². The number of carbonyl (C=O) groups excluding carboxylic acids is 2. The van der Waals surface area contributed by atoms with Crippen molar-refractivity contribution in [2.45, 2.75) is 0 Å². The SMILES string of the molecule is O=C(c1cc2c(Cl)c(Cl)ccc2[nH]1)N1CCN(C(=O)C2CNC2)CC1. The molecule has 2 fully saturated rings. The smallest absolute Gasteiger partial charge is 0.270 e. The highest BCUT2D eigenvalue weighted by atomic mass is 35.5. The maximum absolute atomic E-state index is 12.7. The maximum Gasteiger partial charge on any atom is 0.270 e. The number of hydrogen-bond donors (Lipinski definition) is 2. The molecule has 2 aromatic rings. The van der Waals surface area contributed by atoms with E-state index in [1.54, 1.807) is 17.0 Å². The Balaban J connectivity index is 1.45. The largest absolute Gasteiger partial charge is 0.350 e. The lowest BCUT2D eigenvalue weighted by Gasteiger charge is -2.38. The number of nitrogens with one attached hydrogen (secondary N) is 2. The summed E-state index contributed by atoms with van der Waals surface area (Å²) in [4.78, 5) is 31.7. The second-order valence-corrected chi connectivity index (χ2v) is 7.26. The van der Waals surface area contributed by atoms with E-state index in [1.165, 1.54) is 0 Å². The van der Waals surface area contributed by atoms with E-state index in [-0.39, 0.29) is 17.7 Å². The fourth-order valence-corrected chi connectivity index (χ4v) is 3.66. The number of fused-ring (bicyclic) bond motifs is 1. The summed E-state index contributed by atoms with van der Waals surface area (Å²) in [5.41, 5.74) is 1.27. The first kappa shape index (κ1) is 16.7. The molecule has 2 saturated heterocycles. The Morgan fingerprint density at radius 3 is 2.36 bits per heavy atom. The predicted molar refractivity (Wildman–Crippen MR) is 97.2 cm³/mol. The van der Waals surface area contributed by atoms with Gasteiger partial charge in [-0.15, -0.1) is 0 Å². The summed E-state index contributed by atoms with van der Waals surface area (Å²) in [7, 11) is 0. The molecule has 3 heterocycles. The van der Waals surface area contributed by atoms with Gasteiger partial charge in [-0.3, -0.25) is 9.59 Å². The van der Waals surface area contributed by atoms with Crippen LogP contribution in [0.2, 0.25) is 10.0 Å². The van der Waals surface area contributed by atoms with Crippen LogP contribution < -0.4 is 5.32 Å². The van der Waals surface area contributed by atoms with Crippen molar-refractivity contribution in [3.8, 4) is 0 Å². The molecule has 0 saturated carbocycles. The third-order valence-corrected chi connectivity index (χ3v) is 5.75. The molecule has 8 heteroatoms. The molecule has 2 aliphatic rings. The minimum Gasteiger partial charge on any atom is -0.350 e. The van der Waals surface area contributed by atoms with Gasteiger partial charge in [0.05, 0.1) is 16.0 Å². The van der Waals surface area contributed by atoms with Crippen molar-refractivity contribution in [2.75, 3.05) is 39.3 Å². The van der Waals surface area contributed by atoms with Crippen molar-refractivity contribution in [3.05, 3.63) is 33.9 Å². The van der Waals surface area contributed by atoms with Crippen molar-refractivity contribution in [1.82, 2.24) is 20.1 Å². The van der Waals surface area contributed by atoms with Crippen LogP contribution in [0.25, 0.3) is 10.9 Å². The lowest BCUT2D eigenvalue weighted by atomic mass is 10.0. The van der Waals surface area contributed by atoms with Crippen LogP contribution in [0.15, 0.2) is 18.2 Å². The van der Waals surface area contributed by atoms with Gasteiger partial charge in [-0.2, -0.15) is 0 Å². The van der Waals surface area contributed by atoms with Crippen LogP contribution in [0.1, 0.15) is 10.5 Å². The van der Waals surface area contributed by atoms with E-state index in [0.717, 1.165) is 24.0 Å². The van der Waals surface area contributed by atoms with Gasteiger partial charge in [0.2, 0.25) is 5.91 Å².